The van der Waals surface area contributed by atoms with Gasteiger partial charge >= 0.3 is 5.97 Å². The highest BCUT2D eigenvalue weighted by Crippen LogP contribution is 2.32. The molecule has 0 saturated heterocycles. The van der Waals surface area contributed by atoms with E-state index in [9.17, 15) is 30.2 Å². The summed E-state index contributed by atoms with van der Waals surface area (Å²) >= 11 is 0. The third kappa shape index (κ3) is 3.32. The summed E-state index contributed by atoms with van der Waals surface area (Å²) in [4.78, 5) is 35.9. The van der Waals surface area contributed by atoms with Gasteiger partial charge in [0.05, 0.1) is 4.92 Å². The van der Waals surface area contributed by atoms with Gasteiger partial charge in [-0.1, -0.05) is 30.3 Å². The third-order valence-corrected chi connectivity index (χ3v) is 4.40. The Balaban J connectivity index is 2.14. The summed E-state index contributed by atoms with van der Waals surface area (Å²) in [5.74, 6) is -1.58. The lowest BCUT2D eigenvalue weighted by atomic mass is 9.94. The molecule has 0 aliphatic heterocycles. The van der Waals surface area contributed by atoms with Gasteiger partial charge in [-0.15, -0.1) is 0 Å². The third-order valence-electron chi connectivity index (χ3n) is 4.40. The van der Waals surface area contributed by atoms with Gasteiger partial charge < -0.3 is 15.8 Å². The molecule has 10 nitrogen and oxygen atoms in total. The Hall–Kier alpha value is -4.96. The molecule has 1 heterocycles. The van der Waals surface area contributed by atoms with Crippen LogP contribution in [0.4, 0.5) is 11.5 Å². The van der Waals surface area contributed by atoms with Crippen LogP contribution in [0, 0.1) is 32.8 Å². The largest absolute Gasteiger partial charge is 0.477 e. The molecular formula is C20H11N5O5. The average molecular weight is 401 g/mol. The van der Waals surface area contributed by atoms with Crippen molar-refractivity contribution in [1.82, 2.24) is 4.98 Å². The highest BCUT2D eigenvalue weighted by molar-refractivity contribution is 5.93. The van der Waals surface area contributed by atoms with Crippen molar-refractivity contribution >= 4 is 17.5 Å². The maximum Gasteiger partial charge on any atom is 0.342 e. The molecule has 1 aromatic heterocycles. The van der Waals surface area contributed by atoms with E-state index < -0.39 is 27.7 Å². The predicted molar refractivity (Wildman–Crippen MR) is 105 cm³/mol. The number of H-pyrrole nitrogens is 1. The Kier molecular flexibility index (Phi) is 5.00. The fraction of sp³-hybridized carbons (Fsp3) is 0. The maximum atomic E-state index is 12.0. The zero-order valence-electron chi connectivity index (χ0n) is 15.0. The first-order valence-corrected chi connectivity index (χ1v) is 8.27. The summed E-state index contributed by atoms with van der Waals surface area (Å²) < 4.78 is 0. The van der Waals surface area contributed by atoms with Crippen LogP contribution in [0.5, 0.6) is 0 Å². The smallest absolute Gasteiger partial charge is 0.342 e. The van der Waals surface area contributed by atoms with E-state index in [0.717, 1.165) is 12.1 Å². The molecule has 0 saturated carbocycles. The zero-order chi connectivity index (χ0) is 22.0. The van der Waals surface area contributed by atoms with Crippen molar-refractivity contribution in [2.75, 3.05) is 5.73 Å². The number of nitriles is 2. The molecule has 0 unspecified atom stereocenters. The molecule has 3 rings (SSSR count). The van der Waals surface area contributed by atoms with Crippen molar-refractivity contribution < 1.29 is 14.8 Å². The Morgan fingerprint density at radius 1 is 1.03 bits per heavy atom. The maximum absolute atomic E-state index is 12.0. The predicted octanol–water partition coefficient (Wildman–Crippen LogP) is 2.64. The van der Waals surface area contributed by atoms with Gasteiger partial charge in [-0.2, -0.15) is 10.5 Å². The van der Waals surface area contributed by atoms with Crippen LogP contribution in [0.25, 0.3) is 22.3 Å². The fourth-order valence-corrected chi connectivity index (χ4v) is 3.00. The molecule has 30 heavy (non-hydrogen) atoms. The van der Waals surface area contributed by atoms with Crippen molar-refractivity contribution in [1.29, 1.82) is 10.5 Å². The number of nitrogens with zero attached hydrogens (tertiary/aromatic N) is 3. The number of carboxylic acids is 1. The summed E-state index contributed by atoms with van der Waals surface area (Å²) in [6.45, 7) is 0. The van der Waals surface area contributed by atoms with Gasteiger partial charge in [-0.3, -0.25) is 14.9 Å². The van der Waals surface area contributed by atoms with E-state index in [-0.39, 0.29) is 22.5 Å². The SMILES string of the molecule is N#Cc1c(N)[nH]c(=O)c(C#N)c1-c1ccc(-c2ccc(C(=O)O)c([N+](=O)[O-])c2)cc1. The number of nitrogens with one attached hydrogen (secondary N) is 1. The Morgan fingerprint density at radius 3 is 2.13 bits per heavy atom. The van der Waals surface area contributed by atoms with Gasteiger partial charge in [0.25, 0.3) is 11.2 Å². The summed E-state index contributed by atoms with van der Waals surface area (Å²) in [5.41, 5.74) is 5.04. The van der Waals surface area contributed by atoms with Crippen molar-refractivity contribution in [3.63, 3.8) is 0 Å². The molecule has 3 aromatic rings. The van der Waals surface area contributed by atoms with Crippen LogP contribution >= 0.6 is 0 Å². The summed E-state index contributed by atoms with van der Waals surface area (Å²) in [6, 6.07) is 13.5. The number of aromatic amines is 1. The molecule has 0 aliphatic rings. The molecule has 146 valence electrons. The zero-order valence-corrected chi connectivity index (χ0v) is 15.0. The molecule has 0 bridgehead atoms. The topological polar surface area (TPSA) is 187 Å². The number of pyridine rings is 1. The fourth-order valence-electron chi connectivity index (χ4n) is 3.00. The number of benzene rings is 2. The second-order valence-corrected chi connectivity index (χ2v) is 6.09. The number of anilines is 1. The molecule has 0 atom stereocenters. The van der Waals surface area contributed by atoms with Crippen LogP contribution in [0.2, 0.25) is 0 Å². The van der Waals surface area contributed by atoms with Gasteiger partial charge in [0.1, 0.15) is 34.6 Å². The molecule has 4 N–H and O–H groups in total. The number of nitrogen functional groups attached to an aromatic ring is 1. The quantitative estimate of drug-likeness (QED) is 0.439. The molecule has 0 fully saturated rings. The number of rotatable bonds is 4. The van der Waals surface area contributed by atoms with Crippen LogP contribution in [-0.4, -0.2) is 21.0 Å². The number of hydrogen-bond donors (Lipinski definition) is 3. The summed E-state index contributed by atoms with van der Waals surface area (Å²) in [7, 11) is 0. The van der Waals surface area contributed by atoms with E-state index in [1.165, 1.54) is 18.2 Å². The number of carboxylic acid groups (broad SMARTS) is 1. The van der Waals surface area contributed by atoms with E-state index in [1.54, 1.807) is 18.2 Å². The van der Waals surface area contributed by atoms with Gasteiger partial charge in [-0.25, -0.2) is 4.79 Å². The number of nitro groups is 1. The lowest BCUT2D eigenvalue weighted by molar-refractivity contribution is -0.385. The van der Waals surface area contributed by atoms with Crippen molar-refractivity contribution in [3.8, 4) is 34.4 Å². The average Bonchev–Trinajstić information content (AvgIpc) is 2.73. The highest BCUT2D eigenvalue weighted by atomic mass is 16.6. The molecule has 0 spiro atoms. The van der Waals surface area contributed by atoms with Crippen LogP contribution in [0.3, 0.4) is 0 Å². The van der Waals surface area contributed by atoms with Gasteiger partial charge in [-0.05, 0) is 22.8 Å². The number of hydrogen-bond acceptors (Lipinski definition) is 7. The number of aromatic nitrogens is 1. The van der Waals surface area contributed by atoms with Crippen molar-refractivity contribution in [2.24, 2.45) is 0 Å². The molecule has 10 heteroatoms. The van der Waals surface area contributed by atoms with Gasteiger partial charge in [0, 0.05) is 11.6 Å². The van der Waals surface area contributed by atoms with E-state index in [4.69, 9.17) is 10.8 Å². The number of nitrogens with two attached hydrogens (primary N) is 1. The lowest BCUT2D eigenvalue weighted by Gasteiger charge is -2.10. The van der Waals surface area contributed by atoms with E-state index in [1.807, 2.05) is 6.07 Å². The van der Waals surface area contributed by atoms with Crippen molar-refractivity contribution in [2.45, 2.75) is 0 Å². The monoisotopic (exact) mass is 401 g/mol. The second kappa shape index (κ2) is 7.58. The van der Waals surface area contributed by atoms with Crippen LogP contribution in [-0.2, 0) is 0 Å². The van der Waals surface area contributed by atoms with Gasteiger partial charge in [0.2, 0.25) is 0 Å². The Morgan fingerprint density at radius 2 is 1.60 bits per heavy atom. The molecule has 0 aliphatic carbocycles. The Labute approximate surface area is 168 Å². The number of nitro benzene ring substituents is 1. The van der Waals surface area contributed by atoms with E-state index >= 15 is 0 Å². The van der Waals surface area contributed by atoms with E-state index in [0.29, 0.717) is 16.7 Å². The van der Waals surface area contributed by atoms with Crippen LogP contribution in [0.15, 0.2) is 47.3 Å². The molecular weight excluding hydrogens is 390 g/mol. The first-order valence-electron chi connectivity index (χ1n) is 8.27. The first kappa shape index (κ1) is 19.8. The molecule has 0 radical (unpaired) electrons. The van der Waals surface area contributed by atoms with Crippen LogP contribution in [0.1, 0.15) is 21.5 Å². The van der Waals surface area contributed by atoms with E-state index in [2.05, 4.69) is 4.98 Å². The normalized spacial score (nSPS) is 10.1. The molecule has 0 amide bonds. The molecule has 2 aromatic carbocycles. The minimum absolute atomic E-state index is 0.0552. The highest BCUT2D eigenvalue weighted by Gasteiger charge is 2.21. The first-order chi connectivity index (χ1) is 14.3. The summed E-state index contributed by atoms with van der Waals surface area (Å²) in [6.07, 6.45) is 0. The van der Waals surface area contributed by atoms with Crippen molar-refractivity contribution in [3.05, 3.63) is 79.6 Å². The Bertz CT molecular complexity index is 1340. The number of aromatic carboxylic acids is 1. The standard InChI is InChI=1S/C20H11N5O5/c21-8-14-17(15(9-22)19(26)24-18(14)23)11-3-1-10(2-4-11)12-5-6-13(20(27)28)16(7-12)25(29)30/h1-7H,(H,27,28)(H3,23,24,26). The minimum atomic E-state index is -1.41. The number of carbonyl (C=O) groups is 1. The van der Waals surface area contributed by atoms with Crippen LogP contribution < -0.4 is 11.3 Å². The lowest BCUT2D eigenvalue weighted by Crippen LogP contribution is -2.16. The summed E-state index contributed by atoms with van der Waals surface area (Å²) in [5, 5.41) is 39.0. The second-order valence-electron chi connectivity index (χ2n) is 6.09. The van der Waals surface area contributed by atoms with Gasteiger partial charge in [0.15, 0.2) is 0 Å². The minimum Gasteiger partial charge on any atom is -0.477 e.